The quantitative estimate of drug-likeness (QED) is 0.399. The van der Waals surface area contributed by atoms with Crippen molar-refractivity contribution in [1.82, 2.24) is 9.55 Å². The highest BCUT2D eigenvalue weighted by molar-refractivity contribution is 14.1. The molecule has 1 saturated heterocycles. The average Bonchev–Trinajstić information content (AvgIpc) is 2.99. The predicted molar refractivity (Wildman–Crippen MR) is 95.4 cm³/mol. The van der Waals surface area contributed by atoms with E-state index < -0.39 is 48.2 Å². The molecule has 1 aliphatic rings. The van der Waals surface area contributed by atoms with Crippen LogP contribution in [0.15, 0.2) is 15.8 Å². The molecule has 0 radical (unpaired) electrons. The number of carbonyl (C=O) groups is 2. The molecule has 1 aromatic rings. The first-order valence-electron chi connectivity index (χ1n) is 7.98. The molecule has 144 valence electrons. The molecular formula is C15H19IN2O8. The summed E-state index contributed by atoms with van der Waals surface area (Å²) in [4.78, 5) is 48.7. The topological polar surface area (TPSA) is 137 Å². The lowest BCUT2D eigenvalue weighted by molar-refractivity contribution is -0.156. The molecule has 10 nitrogen and oxygen atoms in total. The van der Waals surface area contributed by atoms with Gasteiger partial charge in [0.2, 0.25) is 0 Å². The number of aromatic amines is 1. The molecule has 0 spiro atoms. The van der Waals surface area contributed by atoms with Gasteiger partial charge in [0.05, 0.1) is 29.6 Å². The summed E-state index contributed by atoms with van der Waals surface area (Å²) in [5, 5.41) is 9.43. The number of aromatic nitrogens is 2. The highest BCUT2D eigenvalue weighted by Gasteiger charge is 2.39. The number of aliphatic hydroxyl groups is 1. The number of hydrogen-bond acceptors (Lipinski definition) is 8. The lowest BCUT2D eigenvalue weighted by Crippen LogP contribution is -2.33. The second-order valence-electron chi connectivity index (χ2n) is 5.52. The molecule has 3 atom stereocenters. The van der Waals surface area contributed by atoms with E-state index in [1.165, 1.54) is 10.8 Å². The first-order valence-corrected chi connectivity index (χ1v) is 9.06. The molecule has 1 fully saturated rings. The molecule has 1 aliphatic heterocycles. The Hall–Kier alpha value is -1.73. The van der Waals surface area contributed by atoms with Gasteiger partial charge in [0.15, 0.2) is 0 Å². The molecule has 0 saturated carbocycles. The second kappa shape index (κ2) is 9.28. The molecule has 0 unspecified atom stereocenters. The Balaban J connectivity index is 2.02. The van der Waals surface area contributed by atoms with E-state index in [0.29, 0.717) is 3.57 Å². The third kappa shape index (κ3) is 5.14. The van der Waals surface area contributed by atoms with Gasteiger partial charge >= 0.3 is 17.6 Å². The number of nitrogens with one attached hydrogen (secondary N) is 1. The van der Waals surface area contributed by atoms with Crippen molar-refractivity contribution in [3.63, 3.8) is 0 Å². The van der Waals surface area contributed by atoms with Crippen LogP contribution in [0.3, 0.4) is 0 Å². The number of carbonyl (C=O) groups excluding carboxylic acids is 2. The fourth-order valence-corrected chi connectivity index (χ4v) is 2.93. The Morgan fingerprint density at radius 1 is 1.38 bits per heavy atom. The van der Waals surface area contributed by atoms with E-state index in [4.69, 9.17) is 14.2 Å². The molecule has 0 bridgehead atoms. The van der Waals surface area contributed by atoms with Gasteiger partial charge in [0, 0.05) is 12.6 Å². The number of hydrogen-bond donors (Lipinski definition) is 2. The van der Waals surface area contributed by atoms with E-state index in [9.17, 15) is 24.3 Å². The monoisotopic (exact) mass is 482 g/mol. The summed E-state index contributed by atoms with van der Waals surface area (Å²) in [7, 11) is 0. The van der Waals surface area contributed by atoms with Crippen LogP contribution in [0, 0.1) is 3.57 Å². The summed E-state index contributed by atoms with van der Waals surface area (Å²) in [6.07, 6.45) is -1.20. The number of rotatable bonds is 7. The maximum Gasteiger partial charge on any atom is 0.330 e. The van der Waals surface area contributed by atoms with Crippen molar-refractivity contribution in [3.05, 3.63) is 30.6 Å². The van der Waals surface area contributed by atoms with Crippen molar-refractivity contribution in [1.29, 1.82) is 0 Å². The zero-order valence-corrected chi connectivity index (χ0v) is 16.1. The summed E-state index contributed by atoms with van der Waals surface area (Å²) in [5.41, 5.74) is -1.17. The number of ether oxygens (including phenoxy) is 3. The highest BCUT2D eigenvalue weighted by Crippen LogP contribution is 2.30. The molecule has 0 aromatic carbocycles. The Morgan fingerprint density at radius 3 is 2.73 bits per heavy atom. The number of esters is 2. The molecule has 11 heteroatoms. The van der Waals surface area contributed by atoms with Crippen molar-refractivity contribution in [3.8, 4) is 0 Å². The van der Waals surface area contributed by atoms with E-state index in [1.54, 1.807) is 29.5 Å². The molecule has 1 aromatic heterocycles. The van der Waals surface area contributed by atoms with Crippen molar-refractivity contribution in [2.45, 2.75) is 44.6 Å². The molecule has 2 rings (SSSR count). The van der Waals surface area contributed by atoms with Gasteiger partial charge in [-0.05, 0) is 29.5 Å². The number of nitrogens with zero attached hydrogens (tertiary/aromatic N) is 1. The Labute approximate surface area is 161 Å². The third-order valence-corrected chi connectivity index (χ3v) is 4.48. The molecule has 26 heavy (non-hydrogen) atoms. The summed E-state index contributed by atoms with van der Waals surface area (Å²) >= 11 is 1.78. The minimum atomic E-state index is -0.817. The number of H-pyrrole nitrogens is 1. The predicted octanol–water partition coefficient (Wildman–Crippen LogP) is -0.324. The largest absolute Gasteiger partial charge is 0.466 e. The lowest BCUT2D eigenvalue weighted by atomic mass is 10.2. The normalized spacial score (nSPS) is 22.2. The Morgan fingerprint density at radius 2 is 2.08 bits per heavy atom. The van der Waals surface area contributed by atoms with Gasteiger partial charge in [-0.25, -0.2) is 4.79 Å². The highest BCUT2D eigenvalue weighted by atomic mass is 127. The van der Waals surface area contributed by atoms with Crippen LogP contribution in [0.1, 0.15) is 32.4 Å². The summed E-state index contributed by atoms with van der Waals surface area (Å²) in [6, 6.07) is 0. The Kier molecular flexibility index (Phi) is 7.34. The Bertz CT molecular complexity index is 774. The van der Waals surface area contributed by atoms with Crippen LogP contribution in [0.2, 0.25) is 0 Å². The second-order valence-corrected chi connectivity index (χ2v) is 6.69. The first kappa shape index (κ1) is 20.6. The summed E-state index contributed by atoms with van der Waals surface area (Å²) < 4.78 is 17.0. The van der Waals surface area contributed by atoms with E-state index in [-0.39, 0.29) is 25.9 Å². The molecular weight excluding hydrogens is 463 g/mol. The maximum atomic E-state index is 11.9. The number of halogens is 1. The van der Waals surface area contributed by atoms with Crippen LogP contribution in [-0.4, -0.2) is 52.0 Å². The fraction of sp³-hybridized carbons (Fsp3) is 0.600. The smallest absolute Gasteiger partial charge is 0.330 e. The van der Waals surface area contributed by atoms with Crippen molar-refractivity contribution < 1.29 is 28.9 Å². The molecule has 0 amide bonds. The van der Waals surface area contributed by atoms with E-state index in [0.717, 1.165) is 0 Å². The van der Waals surface area contributed by atoms with Gasteiger partial charge in [0.25, 0.3) is 5.56 Å². The zero-order chi connectivity index (χ0) is 19.3. The van der Waals surface area contributed by atoms with Crippen LogP contribution in [0.4, 0.5) is 0 Å². The van der Waals surface area contributed by atoms with Gasteiger partial charge in [0.1, 0.15) is 18.4 Å². The maximum absolute atomic E-state index is 11.9. The molecule has 0 aliphatic carbocycles. The van der Waals surface area contributed by atoms with Crippen LogP contribution in [0.25, 0.3) is 0 Å². The first-order chi connectivity index (χ1) is 12.3. The van der Waals surface area contributed by atoms with Crippen LogP contribution < -0.4 is 11.2 Å². The SMILES string of the molecule is CCOC(=O)CCC(=O)O[C@H]1C[C@H](n2cc(I)c(=O)[nH]c2=O)O[C@@H]1CO. The van der Waals surface area contributed by atoms with Gasteiger partial charge in [-0.2, -0.15) is 0 Å². The number of aliphatic hydroxyl groups excluding tert-OH is 1. The van der Waals surface area contributed by atoms with Crippen LogP contribution in [0.5, 0.6) is 0 Å². The molecule has 2 heterocycles. The van der Waals surface area contributed by atoms with Gasteiger partial charge in [-0.1, -0.05) is 0 Å². The van der Waals surface area contributed by atoms with Gasteiger partial charge in [-0.15, -0.1) is 0 Å². The van der Waals surface area contributed by atoms with Gasteiger partial charge in [-0.3, -0.25) is 23.9 Å². The van der Waals surface area contributed by atoms with E-state index >= 15 is 0 Å². The standard InChI is InChI=1S/C15H19IN2O8/c1-2-24-12(20)3-4-13(21)26-9-5-11(25-10(9)7-19)18-6-8(16)14(22)17-15(18)23/h6,9-11,19H,2-5,7H2,1H3,(H,17,22,23)/t9-,10+,11+/m0/s1. The van der Waals surface area contributed by atoms with E-state index in [2.05, 4.69) is 4.98 Å². The fourth-order valence-electron chi connectivity index (χ4n) is 2.50. The summed E-state index contributed by atoms with van der Waals surface area (Å²) in [5.74, 6) is -1.13. The van der Waals surface area contributed by atoms with Crippen molar-refractivity contribution >= 4 is 34.5 Å². The average molecular weight is 482 g/mol. The van der Waals surface area contributed by atoms with Crippen molar-refractivity contribution in [2.75, 3.05) is 13.2 Å². The summed E-state index contributed by atoms with van der Waals surface area (Å²) in [6.45, 7) is 1.48. The van der Waals surface area contributed by atoms with Crippen molar-refractivity contribution in [2.24, 2.45) is 0 Å². The lowest BCUT2D eigenvalue weighted by Gasteiger charge is -2.16. The minimum Gasteiger partial charge on any atom is -0.466 e. The third-order valence-electron chi connectivity index (χ3n) is 3.72. The minimum absolute atomic E-state index is 0.106. The van der Waals surface area contributed by atoms with E-state index in [1.807, 2.05) is 0 Å². The molecule has 2 N–H and O–H groups in total. The van der Waals surface area contributed by atoms with Gasteiger partial charge < -0.3 is 19.3 Å². The van der Waals surface area contributed by atoms with Crippen LogP contribution in [-0.2, 0) is 23.8 Å². The zero-order valence-electron chi connectivity index (χ0n) is 14.0. The van der Waals surface area contributed by atoms with Crippen LogP contribution >= 0.6 is 22.6 Å².